The topological polar surface area (TPSA) is 91.8 Å². The average Bonchev–Trinajstić information content (AvgIpc) is 2.16. The summed E-state index contributed by atoms with van der Waals surface area (Å²) in [4.78, 5) is 11.2. The van der Waals surface area contributed by atoms with Crippen molar-refractivity contribution in [2.75, 3.05) is 0 Å². The SMILES string of the molecule is Cc1nc([NH+]=C(N)N)nc2ccccc12. The Bertz CT molecular complexity index is 528. The first-order valence-electron chi connectivity index (χ1n) is 4.55. The largest absolute Gasteiger partial charge is 0.354 e. The lowest BCUT2D eigenvalue weighted by Crippen LogP contribution is -2.73. The predicted molar refractivity (Wildman–Crippen MR) is 58.3 cm³/mol. The van der Waals surface area contributed by atoms with Crippen LogP contribution in [-0.2, 0) is 0 Å². The second-order valence-corrected chi connectivity index (χ2v) is 3.23. The molecule has 1 aromatic heterocycles. The minimum atomic E-state index is 0.0877. The molecule has 5 heteroatoms. The molecule has 0 spiro atoms. The van der Waals surface area contributed by atoms with Crippen LogP contribution in [0.1, 0.15) is 5.69 Å². The van der Waals surface area contributed by atoms with Crippen LogP contribution in [0.5, 0.6) is 0 Å². The van der Waals surface area contributed by atoms with Crippen LogP contribution in [0.3, 0.4) is 0 Å². The molecule has 5 N–H and O–H groups in total. The lowest BCUT2D eigenvalue weighted by atomic mass is 10.2. The lowest BCUT2D eigenvalue weighted by Gasteiger charge is -1.97. The van der Waals surface area contributed by atoms with Crippen molar-refractivity contribution in [3.05, 3.63) is 30.0 Å². The molecule has 5 nitrogen and oxygen atoms in total. The first-order valence-corrected chi connectivity index (χ1v) is 4.55. The van der Waals surface area contributed by atoms with Crippen molar-refractivity contribution in [1.29, 1.82) is 0 Å². The van der Waals surface area contributed by atoms with Crippen LogP contribution < -0.4 is 16.5 Å². The number of rotatable bonds is 1. The minimum Gasteiger partial charge on any atom is -0.323 e. The van der Waals surface area contributed by atoms with Crippen molar-refractivity contribution >= 4 is 22.8 Å². The molecule has 0 radical (unpaired) electrons. The van der Waals surface area contributed by atoms with Gasteiger partial charge in [-0.1, -0.05) is 12.1 Å². The van der Waals surface area contributed by atoms with E-state index in [-0.39, 0.29) is 5.96 Å². The number of nitrogens with zero attached hydrogens (tertiary/aromatic N) is 2. The van der Waals surface area contributed by atoms with Crippen molar-refractivity contribution in [1.82, 2.24) is 9.97 Å². The van der Waals surface area contributed by atoms with E-state index in [2.05, 4.69) is 15.0 Å². The predicted octanol–water partition coefficient (Wildman–Crippen LogP) is -1.08. The number of para-hydroxylation sites is 1. The normalized spacial score (nSPS) is 10.2. The average molecular weight is 202 g/mol. The molecule has 0 aliphatic heterocycles. The molecule has 0 fully saturated rings. The van der Waals surface area contributed by atoms with Crippen LogP contribution >= 0.6 is 0 Å². The van der Waals surface area contributed by atoms with Crippen LogP contribution in [0.25, 0.3) is 10.9 Å². The summed E-state index contributed by atoms with van der Waals surface area (Å²) in [5.74, 6) is 0.510. The maximum absolute atomic E-state index is 5.32. The van der Waals surface area contributed by atoms with Gasteiger partial charge in [-0.05, 0) is 19.1 Å². The van der Waals surface area contributed by atoms with E-state index >= 15 is 0 Å². The van der Waals surface area contributed by atoms with Gasteiger partial charge in [-0.15, -0.1) is 9.97 Å². The Balaban J connectivity index is 2.67. The van der Waals surface area contributed by atoms with Crippen molar-refractivity contribution in [2.24, 2.45) is 11.5 Å². The fraction of sp³-hybridized carbons (Fsp3) is 0.100. The lowest BCUT2D eigenvalue weighted by molar-refractivity contribution is -0.366. The molecule has 1 aromatic carbocycles. The molecule has 15 heavy (non-hydrogen) atoms. The van der Waals surface area contributed by atoms with E-state index in [1.807, 2.05) is 31.2 Å². The highest BCUT2D eigenvalue weighted by molar-refractivity contribution is 5.81. The van der Waals surface area contributed by atoms with Gasteiger partial charge in [0, 0.05) is 5.39 Å². The highest BCUT2D eigenvalue weighted by Crippen LogP contribution is 2.14. The third-order valence-corrected chi connectivity index (χ3v) is 2.05. The summed E-state index contributed by atoms with van der Waals surface area (Å²) in [7, 11) is 0. The molecule has 0 aliphatic carbocycles. The van der Waals surface area contributed by atoms with Crippen LogP contribution in [0, 0.1) is 6.92 Å². The van der Waals surface area contributed by atoms with E-state index in [1.54, 1.807) is 0 Å². The molecule has 0 saturated heterocycles. The van der Waals surface area contributed by atoms with Gasteiger partial charge in [0.15, 0.2) is 0 Å². The third-order valence-electron chi connectivity index (χ3n) is 2.05. The van der Waals surface area contributed by atoms with Gasteiger partial charge >= 0.3 is 5.95 Å². The van der Waals surface area contributed by atoms with Crippen molar-refractivity contribution in [3.8, 4) is 0 Å². The molecular weight excluding hydrogens is 190 g/mol. The number of aromatic nitrogens is 2. The fourth-order valence-corrected chi connectivity index (χ4v) is 1.42. The van der Waals surface area contributed by atoms with Crippen molar-refractivity contribution in [2.45, 2.75) is 6.92 Å². The quantitative estimate of drug-likeness (QED) is 0.405. The first kappa shape index (κ1) is 9.39. The first-order chi connectivity index (χ1) is 7.16. The van der Waals surface area contributed by atoms with Gasteiger partial charge in [0.1, 0.15) is 5.52 Å². The molecule has 2 rings (SSSR count). The van der Waals surface area contributed by atoms with Crippen LogP contribution in [0.2, 0.25) is 0 Å². The van der Waals surface area contributed by atoms with Crippen LogP contribution in [0.15, 0.2) is 24.3 Å². The van der Waals surface area contributed by atoms with E-state index in [0.29, 0.717) is 5.95 Å². The molecule has 0 amide bonds. The smallest absolute Gasteiger partial charge is 0.323 e. The van der Waals surface area contributed by atoms with E-state index in [9.17, 15) is 0 Å². The zero-order valence-electron chi connectivity index (χ0n) is 8.36. The molecule has 0 unspecified atom stereocenters. The summed E-state index contributed by atoms with van der Waals surface area (Å²) in [6.07, 6.45) is 0. The summed E-state index contributed by atoms with van der Waals surface area (Å²) >= 11 is 0. The maximum atomic E-state index is 5.32. The van der Waals surface area contributed by atoms with E-state index < -0.39 is 0 Å². The summed E-state index contributed by atoms with van der Waals surface area (Å²) in [6.45, 7) is 1.92. The maximum Gasteiger partial charge on any atom is 0.354 e. The Morgan fingerprint density at radius 1 is 1.20 bits per heavy atom. The van der Waals surface area contributed by atoms with E-state index in [4.69, 9.17) is 11.5 Å². The number of benzene rings is 1. The van der Waals surface area contributed by atoms with E-state index in [1.165, 1.54) is 0 Å². The second-order valence-electron chi connectivity index (χ2n) is 3.23. The Morgan fingerprint density at radius 2 is 1.93 bits per heavy atom. The van der Waals surface area contributed by atoms with Gasteiger partial charge in [-0.25, -0.2) is 4.99 Å². The Morgan fingerprint density at radius 3 is 2.67 bits per heavy atom. The summed E-state index contributed by atoms with van der Waals surface area (Å²) in [6, 6.07) is 7.77. The summed E-state index contributed by atoms with van der Waals surface area (Å²) < 4.78 is 0. The zero-order valence-corrected chi connectivity index (χ0v) is 8.36. The van der Waals surface area contributed by atoms with Gasteiger partial charge in [0.25, 0.3) is 5.96 Å². The van der Waals surface area contributed by atoms with Crippen molar-refractivity contribution < 1.29 is 4.99 Å². The number of nitrogens with one attached hydrogen (secondary N) is 1. The van der Waals surface area contributed by atoms with Gasteiger partial charge in [0.05, 0.1) is 5.69 Å². The molecule has 0 atom stereocenters. The molecule has 1 heterocycles. The number of guanidine groups is 1. The summed E-state index contributed by atoms with van der Waals surface area (Å²) in [5, 5.41) is 1.03. The molecule has 0 saturated carbocycles. The highest BCUT2D eigenvalue weighted by Gasteiger charge is 2.07. The Kier molecular flexibility index (Phi) is 2.21. The van der Waals surface area contributed by atoms with Gasteiger partial charge < -0.3 is 11.5 Å². The second kappa shape index (κ2) is 3.53. The van der Waals surface area contributed by atoms with Crippen LogP contribution in [0.4, 0.5) is 5.95 Å². The zero-order chi connectivity index (χ0) is 10.8. The van der Waals surface area contributed by atoms with Gasteiger partial charge in [0.2, 0.25) is 0 Å². The summed E-state index contributed by atoms with van der Waals surface area (Å²) in [5.41, 5.74) is 12.4. The number of nitrogens with two attached hydrogens (primary N) is 2. The van der Waals surface area contributed by atoms with Gasteiger partial charge in [-0.3, -0.25) is 0 Å². The third kappa shape index (κ3) is 1.85. The molecule has 0 bridgehead atoms. The highest BCUT2D eigenvalue weighted by atomic mass is 15.1. The minimum absolute atomic E-state index is 0.0877. The Hall–Kier alpha value is -2.17. The standard InChI is InChI=1S/C10H11N5/c1-6-7-4-2-3-5-8(7)14-10(13-6)15-9(11)12/h2-5H,1H3,(H4,11,12,13,14,15)/p+1. The number of fused-ring (bicyclic) bond motifs is 1. The monoisotopic (exact) mass is 202 g/mol. The fourth-order valence-electron chi connectivity index (χ4n) is 1.42. The molecule has 0 aliphatic rings. The number of aryl methyl sites for hydroxylation is 1. The Labute approximate surface area is 86.9 Å². The number of hydrogen-bond acceptors (Lipinski definition) is 2. The van der Waals surface area contributed by atoms with Crippen molar-refractivity contribution in [3.63, 3.8) is 0 Å². The number of hydrogen-bond donors (Lipinski definition) is 3. The van der Waals surface area contributed by atoms with Crippen LogP contribution in [-0.4, -0.2) is 15.9 Å². The molecule has 2 aromatic rings. The molecule has 76 valence electrons. The van der Waals surface area contributed by atoms with E-state index in [0.717, 1.165) is 16.6 Å². The van der Waals surface area contributed by atoms with Gasteiger partial charge in [-0.2, -0.15) is 0 Å². The molecular formula is C10H12N5+.